The van der Waals surface area contributed by atoms with Gasteiger partial charge in [-0.2, -0.15) is 0 Å². The fraction of sp³-hybridized carbons (Fsp3) is 0.667. The molecule has 1 aliphatic heterocycles. The number of hydrogen-bond acceptors (Lipinski definition) is 4. The maximum absolute atomic E-state index is 6.12. The van der Waals surface area contributed by atoms with Gasteiger partial charge in [-0.3, -0.25) is 0 Å². The highest BCUT2D eigenvalue weighted by atomic mass is 16.5. The SMILES string of the molecule is COCc1cccc(OCC2(CN3CC[C@@H](N)C3)CCC2)c1. The van der Waals surface area contributed by atoms with Crippen molar-refractivity contribution in [3.8, 4) is 5.75 Å². The number of nitrogens with zero attached hydrogens (tertiary/aromatic N) is 1. The topological polar surface area (TPSA) is 47.7 Å². The summed E-state index contributed by atoms with van der Waals surface area (Å²) in [4.78, 5) is 2.52. The molecule has 2 aliphatic rings. The second kappa shape index (κ2) is 6.99. The van der Waals surface area contributed by atoms with Crippen LogP contribution in [0.5, 0.6) is 5.75 Å². The average Bonchev–Trinajstić information content (AvgIpc) is 2.88. The van der Waals surface area contributed by atoms with E-state index in [-0.39, 0.29) is 0 Å². The Morgan fingerprint density at radius 3 is 2.86 bits per heavy atom. The van der Waals surface area contributed by atoms with E-state index in [0.717, 1.165) is 44.0 Å². The van der Waals surface area contributed by atoms with E-state index in [1.165, 1.54) is 19.3 Å². The number of ether oxygens (including phenoxy) is 2. The number of methoxy groups -OCH3 is 1. The lowest BCUT2D eigenvalue weighted by Gasteiger charge is -2.44. The molecule has 0 unspecified atom stereocenters. The molecular formula is C18H28N2O2. The fourth-order valence-corrected chi connectivity index (χ4v) is 3.63. The largest absolute Gasteiger partial charge is 0.493 e. The Morgan fingerprint density at radius 1 is 1.36 bits per heavy atom. The van der Waals surface area contributed by atoms with Crippen LogP contribution in [-0.2, 0) is 11.3 Å². The van der Waals surface area contributed by atoms with Gasteiger partial charge in [0, 0.05) is 31.7 Å². The van der Waals surface area contributed by atoms with Gasteiger partial charge in [0.1, 0.15) is 5.75 Å². The quantitative estimate of drug-likeness (QED) is 0.840. The first kappa shape index (κ1) is 15.8. The predicted octanol–water partition coefficient (Wildman–Crippen LogP) is 2.42. The average molecular weight is 304 g/mol. The third kappa shape index (κ3) is 3.80. The summed E-state index contributed by atoms with van der Waals surface area (Å²) < 4.78 is 11.3. The van der Waals surface area contributed by atoms with Gasteiger partial charge < -0.3 is 20.1 Å². The van der Waals surface area contributed by atoms with Crippen LogP contribution in [0.25, 0.3) is 0 Å². The Morgan fingerprint density at radius 2 is 2.23 bits per heavy atom. The third-order valence-electron chi connectivity index (χ3n) is 5.04. The molecule has 1 aromatic rings. The summed E-state index contributed by atoms with van der Waals surface area (Å²) >= 11 is 0. The van der Waals surface area contributed by atoms with Gasteiger partial charge in [0.15, 0.2) is 0 Å². The third-order valence-corrected chi connectivity index (χ3v) is 5.04. The van der Waals surface area contributed by atoms with Gasteiger partial charge in [0.05, 0.1) is 13.2 Å². The molecule has 1 atom stereocenters. The second-order valence-corrected chi connectivity index (χ2v) is 7.01. The summed E-state index contributed by atoms with van der Waals surface area (Å²) in [7, 11) is 1.72. The van der Waals surface area contributed by atoms with Crippen LogP contribution in [-0.4, -0.2) is 44.3 Å². The molecule has 3 rings (SSSR count). The second-order valence-electron chi connectivity index (χ2n) is 7.01. The molecule has 4 nitrogen and oxygen atoms in total. The Kier molecular flexibility index (Phi) is 5.01. The molecular weight excluding hydrogens is 276 g/mol. The number of rotatable bonds is 7. The van der Waals surface area contributed by atoms with E-state index in [2.05, 4.69) is 17.0 Å². The first-order chi connectivity index (χ1) is 10.7. The predicted molar refractivity (Wildman–Crippen MR) is 88.0 cm³/mol. The summed E-state index contributed by atoms with van der Waals surface area (Å²) in [5.41, 5.74) is 7.52. The van der Waals surface area contributed by atoms with Crippen LogP contribution in [0.3, 0.4) is 0 Å². The van der Waals surface area contributed by atoms with Gasteiger partial charge in [-0.05, 0) is 43.5 Å². The molecule has 2 fully saturated rings. The highest BCUT2D eigenvalue weighted by molar-refractivity contribution is 5.28. The van der Waals surface area contributed by atoms with Gasteiger partial charge in [0.2, 0.25) is 0 Å². The zero-order chi connectivity index (χ0) is 15.4. The van der Waals surface area contributed by atoms with Gasteiger partial charge in [0.25, 0.3) is 0 Å². The highest BCUT2D eigenvalue weighted by Crippen LogP contribution is 2.42. The minimum absolute atomic E-state index is 0.335. The summed E-state index contributed by atoms with van der Waals surface area (Å²) in [6, 6.07) is 8.60. The van der Waals surface area contributed by atoms with Crippen LogP contribution in [0.15, 0.2) is 24.3 Å². The van der Waals surface area contributed by atoms with Crippen LogP contribution < -0.4 is 10.5 Å². The maximum atomic E-state index is 6.12. The van der Waals surface area contributed by atoms with Gasteiger partial charge in [-0.15, -0.1) is 0 Å². The molecule has 0 radical (unpaired) electrons. The fourth-order valence-electron chi connectivity index (χ4n) is 3.63. The van der Waals surface area contributed by atoms with Crippen molar-refractivity contribution in [3.63, 3.8) is 0 Å². The zero-order valence-corrected chi connectivity index (χ0v) is 13.6. The number of hydrogen-bond donors (Lipinski definition) is 1. The zero-order valence-electron chi connectivity index (χ0n) is 13.6. The lowest BCUT2D eigenvalue weighted by molar-refractivity contribution is 0.0240. The first-order valence-electron chi connectivity index (χ1n) is 8.38. The lowest BCUT2D eigenvalue weighted by atomic mass is 9.69. The van der Waals surface area contributed by atoms with E-state index >= 15 is 0 Å². The van der Waals surface area contributed by atoms with Crippen molar-refractivity contribution in [2.45, 2.75) is 38.3 Å². The molecule has 2 N–H and O–H groups in total. The Labute approximate surface area is 133 Å². The summed E-state index contributed by atoms with van der Waals surface area (Å²) in [5, 5.41) is 0. The summed E-state index contributed by atoms with van der Waals surface area (Å²) in [5.74, 6) is 0.957. The van der Waals surface area contributed by atoms with Crippen molar-refractivity contribution in [1.29, 1.82) is 0 Å². The van der Waals surface area contributed by atoms with Crippen LogP contribution >= 0.6 is 0 Å². The smallest absolute Gasteiger partial charge is 0.119 e. The minimum atomic E-state index is 0.335. The number of benzene rings is 1. The molecule has 22 heavy (non-hydrogen) atoms. The van der Waals surface area contributed by atoms with Crippen molar-refractivity contribution in [2.24, 2.45) is 11.1 Å². The molecule has 4 heteroatoms. The van der Waals surface area contributed by atoms with E-state index in [0.29, 0.717) is 18.1 Å². The van der Waals surface area contributed by atoms with Crippen molar-refractivity contribution in [2.75, 3.05) is 33.4 Å². The lowest BCUT2D eigenvalue weighted by Crippen LogP contribution is -2.46. The van der Waals surface area contributed by atoms with Crippen LogP contribution in [0.2, 0.25) is 0 Å². The van der Waals surface area contributed by atoms with Crippen molar-refractivity contribution < 1.29 is 9.47 Å². The monoisotopic (exact) mass is 304 g/mol. The number of likely N-dealkylation sites (tertiary alicyclic amines) is 1. The van der Waals surface area contributed by atoms with Gasteiger partial charge in [-0.25, -0.2) is 0 Å². The summed E-state index contributed by atoms with van der Waals surface area (Å²) in [6.45, 7) is 4.78. The Hall–Kier alpha value is -1.10. The molecule has 0 aromatic heterocycles. The van der Waals surface area contributed by atoms with Crippen molar-refractivity contribution >= 4 is 0 Å². The standard InChI is InChI=1S/C18H28N2O2/c1-21-12-15-4-2-5-17(10-15)22-14-18(7-3-8-18)13-20-9-6-16(19)11-20/h2,4-5,10,16H,3,6-9,11-14,19H2,1H3/t16-/m1/s1. The van der Waals surface area contributed by atoms with E-state index < -0.39 is 0 Å². The van der Waals surface area contributed by atoms with Crippen LogP contribution in [0.4, 0.5) is 0 Å². The molecule has 0 spiro atoms. The molecule has 1 heterocycles. The van der Waals surface area contributed by atoms with Gasteiger partial charge in [-0.1, -0.05) is 18.6 Å². The molecule has 0 bridgehead atoms. The normalized spacial score (nSPS) is 24.2. The Balaban J connectivity index is 1.55. The van der Waals surface area contributed by atoms with Crippen molar-refractivity contribution in [3.05, 3.63) is 29.8 Å². The van der Waals surface area contributed by atoms with Crippen molar-refractivity contribution in [1.82, 2.24) is 4.90 Å². The van der Waals surface area contributed by atoms with E-state index in [1.54, 1.807) is 7.11 Å². The van der Waals surface area contributed by atoms with Crippen LogP contribution in [0.1, 0.15) is 31.2 Å². The van der Waals surface area contributed by atoms with E-state index in [4.69, 9.17) is 15.2 Å². The summed E-state index contributed by atoms with van der Waals surface area (Å²) in [6.07, 6.45) is 5.01. The Bertz CT molecular complexity index is 488. The molecule has 122 valence electrons. The first-order valence-corrected chi connectivity index (χ1v) is 8.38. The van der Waals surface area contributed by atoms with Gasteiger partial charge >= 0.3 is 0 Å². The van der Waals surface area contributed by atoms with Crippen LogP contribution in [0, 0.1) is 5.41 Å². The molecule has 0 amide bonds. The highest BCUT2D eigenvalue weighted by Gasteiger charge is 2.40. The number of nitrogens with two attached hydrogens (primary N) is 1. The molecule has 1 aliphatic carbocycles. The minimum Gasteiger partial charge on any atom is -0.493 e. The van der Waals surface area contributed by atoms with E-state index in [9.17, 15) is 0 Å². The van der Waals surface area contributed by atoms with E-state index in [1.807, 2.05) is 12.1 Å². The molecule has 1 saturated carbocycles. The molecule has 1 aromatic carbocycles. The maximum Gasteiger partial charge on any atom is 0.119 e. The molecule has 1 saturated heterocycles.